The largest absolute Gasteiger partial charge is 0.573 e. The van der Waals surface area contributed by atoms with Gasteiger partial charge in [-0.05, 0) is 13.0 Å². The minimum atomic E-state index is -5.23. The normalized spacial score (nSPS) is 12.7. The van der Waals surface area contributed by atoms with Gasteiger partial charge in [-0.2, -0.15) is 13.2 Å². The van der Waals surface area contributed by atoms with E-state index in [4.69, 9.17) is 5.73 Å². The van der Waals surface area contributed by atoms with Crippen LogP contribution >= 0.6 is 0 Å². The zero-order valence-electron chi connectivity index (χ0n) is 8.99. The first-order chi connectivity index (χ1) is 8.04. The third-order valence-electron chi connectivity index (χ3n) is 1.93. The molecule has 3 nitrogen and oxygen atoms in total. The zero-order chi connectivity index (χ0) is 14.1. The van der Waals surface area contributed by atoms with Gasteiger partial charge in [-0.25, -0.2) is 0 Å². The molecule has 1 rings (SSSR count). The van der Waals surface area contributed by atoms with Gasteiger partial charge in [0.15, 0.2) is 5.75 Å². The number of hydrogen-bond acceptors (Lipinski definition) is 3. The summed E-state index contributed by atoms with van der Waals surface area (Å²) in [6.07, 6.45) is -10.2. The average Bonchev–Trinajstić information content (AvgIpc) is 2.17. The first kappa shape index (κ1) is 14.6. The number of nitrogens with zero attached hydrogens (tertiary/aromatic N) is 1. The fraction of sp³-hybridized carbons (Fsp3) is 0.444. The van der Waals surface area contributed by atoms with Gasteiger partial charge in [0.25, 0.3) is 0 Å². The van der Waals surface area contributed by atoms with Crippen LogP contribution in [0.3, 0.4) is 0 Å². The predicted octanol–water partition coefficient (Wildman–Crippen LogP) is 2.77. The second kappa shape index (κ2) is 4.63. The Morgan fingerprint density at radius 3 is 2.17 bits per heavy atom. The molecule has 1 heterocycles. The van der Waals surface area contributed by atoms with Gasteiger partial charge in [0.05, 0.1) is 11.4 Å². The summed E-state index contributed by atoms with van der Waals surface area (Å²) in [7, 11) is 0. The van der Waals surface area contributed by atoms with Crippen molar-refractivity contribution in [3.05, 3.63) is 23.0 Å². The van der Waals surface area contributed by atoms with Gasteiger partial charge in [0, 0.05) is 6.54 Å². The lowest BCUT2D eigenvalue weighted by molar-refractivity contribution is -0.276. The number of pyridine rings is 1. The highest BCUT2D eigenvalue weighted by molar-refractivity contribution is 5.40. The van der Waals surface area contributed by atoms with Crippen LogP contribution in [0.2, 0.25) is 0 Å². The molecule has 0 atom stereocenters. The molecule has 0 radical (unpaired) electrons. The van der Waals surface area contributed by atoms with E-state index in [0.29, 0.717) is 6.07 Å². The van der Waals surface area contributed by atoms with E-state index in [1.54, 1.807) is 0 Å². The monoisotopic (exact) mass is 274 g/mol. The van der Waals surface area contributed by atoms with E-state index < -0.39 is 29.5 Å². The standard InChI is InChI=1S/C9H8F6N2O/c1-4-7(18-9(13,14)15)6(8(10,11)12)2-5(3-16)17-4/h2H,3,16H2,1H3. The van der Waals surface area contributed by atoms with Gasteiger partial charge in [0.1, 0.15) is 5.56 Å². The molecule has 0 fully saturated rings. The first-order valence-electron chi connectivity index (χ1n) is 4.58. The molecule has 0 saturated heterocycles. The van der Waals surface area contributed by atoms with E-state index in [1.807, 2.05) is 0 Å². The predicted molar refractivity (Wildman–Crippen MR) is 48.6 cm³/mol. The Morgan fingerprint density at radius 1 is 1.22 bits per heavy atom. The Morgan fingerprint density at radius 2 is 1.78 bits per heavy atom. The lowest BCUT2D eigenvalue weighted by Crippen LogP contribution is -2.22. The van der Waals surface area contributed by atoms with E-state index in [1.165, 1.54) is 0 Å². The third kappa shape index (κ3) is 3.49. The van der Waals surface area contributed by atoms with Crippen LogP contribution in [0.4, 0.5) is 26.3 Å². The van der Waals surface area contributed by atoms with Crippen LogP contribution in [-0.2, 0) is 12.7 Å². The SMILES string of the molecule is Cc1nc(CN)cc(C(F)(F)F)c1OC(F)(F)F. The number of hydrogen-bond donors (Lipinski definition) is 1. The molecule has 18 heavy (non-hydrogen) atoms. The van der Waals surface area contributed by atoms with Crippen LogP contribution in [0.1, 0.15) is 17.0 Å². The Labute approximate surface area is 97.6 Å². The molecule has 0 bridgehead atoms. The van der Waals surface area contributed by atoms with Crippen molar-refractivity contribution < 1.29 is 31.1 Å². The van der Waals surface area contributed by atoms with Crippen LogP contribution < -0.4 is 10.5 Å². The summed E-state index contributed by atoms with van der Waals surface area (Å²) in [4.78, 5) is 3.50. The Kier molecular flexibility index (Phi) is 3.75. The van der Waals surface area contributed by atoms with Crippen molar-refractivity contribution in [1.29, 1.82) is 0 Å². The Hall–Kier alpha value is -1.51. The summed E-state index contributed by atoms with van der Waals surface area (Å²) in [5.41, 5.74) is 2.87. The maximum Gasteiger partial charge on any atom is 0.573 e. The minimum Gasteiger partial charge on any atom is -0.403 e. The molecule has 0 aliphatic heterocycles. The average molecular weight is 274 g/mol. The molecule has 0 unspecified atom stereocenters. The molecule has 102 valence electrons. The fourth-order valence-electron chi connectivity index (χ4n) is 1.29. The zero-order valence-corrected chi connectivity index (χ0v) is 8.99. The van der Waals surface area contributed by atoms with Gasteiger partial charge in [0.2, 0.25) is 0 Å². The minimum absolute atomic E-state index is 0.172. The number of aryl methyl sites for hydroxylation is 1. The van der Waals surface area contributed by atoms with Gasteiger partial charge >= 0.3 is 12.5 Å². The van der Waals surface area contributed by atoms with Crippen LogP contribution in [0.5, 0.6) is 5.75 Å². The molecule has 0 aliphatic carbocycles. The third-order valence-corrected chi connectivity index (χ3v) is 1.93. The molecule has 0 aromatic carbocycles. The quantitative estimate of drug-likeness (QED) is 0.843. The maximum atomic E-state index is 12.6. The van der Waals surface area contributed by atoms with Gasteiger partial charge in [-0.3, -0.25) is 4.98 Å². The summed E-state index contributed by atoms with van der Waals surface area (Å²) in [6.45, 7) is 0.658. The highest BCUT2D eigenvalue weighted by Gasteiger charge is 2.40. The highest BCUT2D eigenvalue weighted by Crippen LogP contribution is 2.40. The van der Waals surface area contributed by atoms with E-state index >= 15 is 0 Å². The van der Waals surface area contributed by atoms with Crippen molar-refractivity contribution in [3.8, 4) is 5.75 Å². The number of halogens is 6. The number of ether oxygens (including phenoxy) is 1. The summed E-state index contributed by atoms with van der Waals surface area (Å²) >= 11 is 0. The maximum absolute atomic E-state index is 12.6. The molecular weight excluding hydrogens is 266 g/mol. The van der Waals surface area contributed by atoms with Crippen LogP contribution in [0.15, 0.2) is 6.07 Å². The van der Waals surface area contributed by atoms with Crippen molar-refractivity contribution in [2.24, 2.45) is 5.73 Å². The second-order valence-electron chi connectivity index (χ2n) is 3.33. The van der Waals surface area contributed by atoms with Crippen molar-refractivity contribution >= 4 is 0 Å². The van der Waals surface area contributed by atoms with Gasteiger partial charge in [-0.15, -0.1) is 13.2 Å². The highest BCUT2D eigenvalue weighted by atomic mass is 19.4. The van der Waals surface area contributed by atoms with E-state index in [0.717, 1.165) is 6.92 Å². The molecule has 1 aromatic heterocycles. The molecule has 0 saturated carbocycles. The van der Waals surface area contributed by atoms with Crippen molar-refractivity contribution in [1.82, 2.24) is 4.98 Å². The molecular formula is C9H8F6N2O. The van der Waals surface area contributed by atoms with Crippen molar-refractivity contribution in [2.45, 2.75) is 26.0 Å². The van der Waals surface area contributed by atoms with E-state index in [-0.39, 0.29) is 12.2 Å². The summed E-state index contributed by atoms with van der Waals surface area (Å²) in [5.74, 6) is -1.35. The Balaban J connectivity index is 3.39. The van der Waals surface area contributed by atoms with E-state index in [9.17, 15) is 26.3 Å². The smallest absolute Gasteiger partial charge is 0.403 e. The van der Waals surface area contributed by atoms with Crippen LogP contribution in [-0.4, -0.2) is 11.3 Å². The summed E-state index contributed by atoms with van der Waals surface area (Å²) in [5, 5.41) is 0. The number of nitrogens with two attached hydrogens (primary N) is 1. The van der Waals surface area contributed by atoms with Gasteiger partial charge in [-0.1, -0.05) is 0 Å². The first-order valence-corrected chi connectivity index (χ1v) is 4.58. The summed E-state index contributed by atoms with van der Waals surface area (Å²) in [6, 6.07) is 0.439. The summed E-state index contributed by atoms with van der Waals surface area (Å²) < 4.78 is 77.3. The number of alkyl halides is 6. The van der Waals surface area contributed by atoms with Gasteiger partial charge < -0.3 is 10.5 Å². The van der Waals surface area contributed by atoms with Crippen molar-refractivity contribution in [2.75, 3.05) is 0 Å². The molecule has 0 amide bonds. The topological polar surface area (TPSA) is 48.1 Å². The molecule has 0 aliphatic rings. The van der Waals surface area contributed by atoms with Crippen LogP contribution in [0, 0.1) is 6.92 Å². The lowest BCUT2D eigenvalue weighted by Gasteiger charge is -2.17. The number of aromatic nitrogens is 1. The lowest BCUT2D eigenvalue weighted by atomic mass is 10.1. The van der Waals surface area contributed by atoms with Crippen molar-refractivity contribution in [3.63, 3.8) is 0 Å². The second-order valence-corrected chi connectivity index (χ2v) is 3.33. The van der Waals surface area contributed by atoms with Crippen LogP contribution in [0.25, 0.3) is 0 Å². The molecule has 1 aromatic rings. The molecule has 0 spiro atoms. The van der Waals surface area contributed by atoms with E-state index in [2.05, 4.69) is 9.72 Å². The number of rotatable bonds is 2. The Bertz CT molecular complexity index is 440. The molecule has 2 N–H and O–H groups in total. The molecule has 9 heteroatoms. The fourth-order valence-corrected chi connectivity index (χ4v) is 1.29.